The Morgan fingerprint density at radius 3 is 2.41 bits per heavy atom. The van der Waals surface area contributed by atoms with Gasteiger partial charge < -0.3 is 14.4 Å². The Balaban J connectivity index is 1.66. The molecule has 1 aromatic heterocycles. The van der Waals surface area contributed by atoms with Crippen molar-refractivity contribution in [3.05, 3.63) is 35.9 Å². The Hall–Kier alpha value is -2.75. The van der Waals surface area contributed by atoms with Crippen molar-refractivity contribution >= 4 is 15.7 Å². The number of piperidine rings is 1. The third kappa shape index (κ3) is 6.02. The van der Waals surface area contributed by atoms with Crippen molar-refractivity contribution < 1.29 is 27.1 Å². The average molecular weight is 494 g/mol. The van der Waals surface area contributed by atoms with E-state index >= 15 is 0 Å². The van der Waals surface area contributed by atoms with E-state index in [-0.39, 0.29) is 34.5 Å². The normalized spacial score (nSPS) is 15.9. The van der Waals surface area contributed by atoms with Crippen LogP contribution in [0.5, 0.6) is 17.5 Å². The van der Waals surface area contributed by atoms with E-state index in [1.807, 2.05) is 11.8 Å². The quantitative estimate of drug-likeness (QED) is 0.544. The lowest BCUT2D eigenvalue weighted by Gasteiger charge is -2.35. The minimum absolute atomic E-state index is 0.0354. The molecular formula is C24H32FN3O5S. The lowest BCUT2D eigenvalue weighted by molar-refractivity contribution is -0.139. The van der Waals surface area contributed by atoms with E-state index in [9.17, 15) is 17.6 Å². The molecule has 8 nitrogen and oxygen atoms in total. The lowest BCUT2D eigenvalue weighted by Crippen LogP contribution is -2.45. The number of carbonyl (C=O) groups is 1. The zero-order chi connectivity index (χ0) is 25.0. The maximum absolute atomic E-state index is 14.4. The van der Waals surface area contributed by atoms with Gasteiger partial charge in [-0.15, -0.1) is 0 Å². The van der Waals surface area contributed by atoms with Crippen molar-refractivity contribution in [2.75, 3.05) is 19.3 Å². The molecule has 1 amide bonds. The number of amides is 1. The first-order chi connectivity index (χ1) is 16.0. The van der Waals surface area contributed by atoms with Crippen LogP contribution in [0.1, 0.15) is 45.6 Å². The van der Waals surface area contributed by atoms with Gasteiger partial charge in [-0.2, -0.15) is 0 Å². The van der Waals surface area contributed by atoms with Gasteiger partial charge in [-0.3, -0.25) is 4.79 Å². The van der Waals surface area contributed by atoms with Gasteiger partial charge in [-0.25, -0.2) is 22.8 Å². The highest BCUT2D eigenvalue weighted by molar-refractivity contribution is 7.90. The molecule has 2 heterocycles. The highest BCUT2D eigenvalue weighted by Gasteiger charge is 2.30. The second-order valence-electron chi connectivity index (χ2n) is 8.98. The van der Waals surface area contributed by atoms with Gasteiger partial charge in [0.1, 0.15) is 12.4 Å². The first-order valence-electron chi connectivity index (χ1n) is 11.5. The second kappa shape index (κ2) is 10.7. The number of hydrogen-bond acceptors (Lipinski definition) is 7. The molecule has 0 unspecified atom stereocenters. The summed E-state index contributed by atoms with van der Waals surface area (Å²) in [6.07, 6.45) is 4.35. The lowest BCUT2D eigenvalue weighted by atomic mass is 9.91. The summed E-state index contributed by atoms with van der Waals surface area (Å²) < 4.78 is 49.3. The molecule has 10 heteroatoms. The number of aromatic nitrogens is 2. The fraction of sp³-hybridized carbons (Fsp3) is 0.542. The average Bonchev–Trinajstić information content (AvgIpc) is 2.77. The number of carbonyl (C=O) groups excluding carboxylic acids is 1. The molecule has 186 valence electrons. The number of hydrogen-bond donors (Lipinski definition) is 0. The Kier molecular flexibility index (Phi) is 8.12. The molecular weight excluding hydrogens is 461 g/mol. The van der Waals surface area contributed by atoms with Gasteiger partial charge in [0.2, 0.25) is 17.7 Å². The van der Waals surface area contributed by atoms with Crippen molar-refractivity contribution in [3.8, 4) is 17.5 Å². The van der Waals surface area contributed by atoms with Crippen LogP contribution in [0.3, 0.4) is 0 Å². The third-order valence-corrected chi connectivity index (χ3v) is 7.23. The molecule has 0 saturated carbocycles. The highest BCUT2D eigenvalue weighted by atomic mass is 32.2. The van der Waals surface area contributed by atoms with E-state index in [0.29, 0.717) is 43.3 Å². The Morgan fingerprint density at radius 1 is 1.21 bits per heavy atom. The van der Waals surface area contributed by atoms with Gasteiger partial charge in [0.05, 0.1) is 10.5 Å². The van der Waals surface area contributed by atoms with Crippen LogP contribution in [0, 0.1) is 24.6 Å². The summed E-state index contributed by atoms with van der Waals surface area (Å²) in [7, 11) is -3.53. The Bertz CT molecular complexity index is 1130. The first kappa shape index (κ1) is 25.9. The fourth-order valence-electron chi connectivity index (χ4n) is 4.06. The smallest absolute Gasteiger partial charge is 0.229 e. The molecule has 0 radical (unpaired) electrons. The van der Waals surface area contributed by atoms with Crippen LogP contribution < -0.4 is 9.47 Å². The molecule has 0 N–H and O–H groups in total. The molecule has 0 aliphatic carbocycles. The number of sulfone groups is 1. The molecule has 1 aliphatic rings. The van der Waals surface area contributed by atoms with Gasteiger partial charge in [-0.1, -0.05) is 20.8 Å². The van der Waals surface area contributed by atoms with Crippen LogP contribution in [0.2, 0.25) is 0 Å². The van der Waals surface area contributed by atoms with Crippen LogP contribution in [0.4, 0.5) is 4.39 Å². The molecule has 34 heavy (non-hydrogen) atoms. The summed E-state index contributed by atoms with van der Waals surface area (Å²) in [5.74, 6) is 0.0284. The van der Waals surface area contributed by atoms with Crippen molar-refractivity contribution in [2.45, 2.75) is 58.0 Å². The maximum Gasteiger partial charge on any atom is 0.229 e. The third-order valence-electron chi connectivity index (χ3n) is 6.12. The van der Waals surface area contributed by atoms with Crippen molar-refractivity contribution in [1.29, 1.82) is 0 Å². The van der Waals surface area contributed by atoms with E-state index in [1.165, 1.54) is 18.5 Å². The zero-order valence-corrected chi connectivity index (χ0v) is 21.1. The minimum atomic E-state index is -3.53. The van der Waals surface area contributed by atoms with Crippen molar-refractivity contribution in [3.63, 3.8) is 0 Å². The molecule has 3 rings (SSSR count). The van der Waals surface area contributed by atoms with E-state index in [0.717, 1.165) is 18.7 Å². The number of nitrogens with zero attached hydrogens (tertiary/aromatic N) is 3. The summed E-state index contributed by atoms with van der Waals surface area (Å²) in [6, 6.07) is 3.44. The molecule has 1 fully saturated rings. The number of benzene rings is 1. The van der Waals surface area contributed by atoms with Crippen LogP contribution >= 0.6 is 0 Å². The largest absolute Gasteiger partial charge is 0.474 e. The zero-order valence-electron chi connectivity index (χ0n) is 20.2. The summed E-state index contributed by atoms with van der Waals surface area (Å²) in [4.78, 5) is 22.8. The monoisotopic (exact) mass is 493 g/mol. The van der Waals surface area contributed by atoms with Gasteiger partial charge in [-0.05, 0) is 37.5 Å². The van der Waals surface area contributed by atoms with Crippen LogP contribution in [0.25, 0.3) is 0 Å². The van der Waals surface area contributed by atoms with Crippen LogP contribution in [-0.2, 0) is 14.6 Å². The molecule has 1 atom stereocenters. The molecule has 0 spiro atoms. The highest BCUT2D eigenvalue weighted by Crippen LogP contribution is 2.31. The maximum atomic E-state index is 14.4. The van der Waals surface area contributed by atoms with Crippen LogP contribution in [-0.4, -0.2) is 54.6 Å². The fourth-order valence-corrected chi connectivity index (χ4v) is 4.69. The van der Waals surface area contributed by atoms with E-state index < -0.39 is 15.7 Å². The predicted octanol–water partition coefficient (Wildman–Crippen LogP) is 4.17. The van der Waals surface area contributed by atoms with E-state index in [4.69, 9.17) is 9.47 Å². The molecule has 2 aromatic rings. The second-order valence-corrected chi connectivity index (χ2v) is 11.0. The number of ether oxygens (including phenoxy) is 2. The topological polar surface area (TPSA) is 98.7 Å². The summed E-state index contributed by atoms with van der Waals surface area (Å²) in [5.41, 5.74) is 0.499. The first-order valence-corrected chi connectivity index (χ1v) is 13.3. The Labute approximate surface area is 200 Å². The van der Waals surface area contributed by atoms with Gasteiger partial charge in [0, 0.05) is 38.1 Å². The van der Waals surface area contributed by atoms with Crippen molar-refractivity contribution in [1.82, 2.24) is 14.9 Å². The standard InChI is InChI=1S/C24H32FN3O5S/c1-6-19(15(2)3)24(29)28-11-9-17(10-12-28)32-22-16(4)23(27-14-26-22)33-21-8-7-18(13-20(21)25)34(5,30)31/h7-8,13-15,17,19H,6,9-12H2,1-5H3/t19-/m0/s1. The molecule has 0 bridgehead atoms. The summed E-state index contributed by atoms with van der Waals surface area (Å²) in [5, 5.41) is 0. The van der Waals surface area contributed by atoms with Crippen LogP contribution in [0.15, 0.2) is 29.4 Å². The molecule has 1 aromatic carbocycles. The SMILES string of the molecule is CC[C@H](C(=O)N1CCC(Oc2ncnc(Oc3ccc(S(C)(=O)=O)cc3F)c2C)CC1)C(C)C. The predicted molar refractivity (Wildman–Crippen MR) is 125 cm³/mol. The number of rotatable bonds is 8. The summed E-state index contributed by atoms with van der Waals surface area (Å²) >= 11 is 0. The number of likely N-dealkylation sites (tertiary alicyclic amines) is 1. The summed E-state index contributed by atoms with van der Waals surface area (Å²) in [6.45, 7) is 9.15. The van der Waals surface area contributed by atoms with E-state index in [2.05, 4.69) is 23.8 Å². The van der Waals surface area contributed by atoms with Crippen molar-refractivity contribution in [2.24, 2.45) is 11.8 Å². The van der Waals surface area contributed by atoms with E-state index in [1.54, 1.807) is 6.92 Å². The number of halogens is 1. The van der Waals surface area contributed by atoms with Gasteiger partial charge in [0.15, 0.2) is 21.4 Å². The minimum Gasteiger partial charge on any atom is -0.474 e. The van der Waals surface area contributed by atoms with Gasteiger partial charge >= 0.3 is 0 Å². The van der Waals surface area contributed by atoms with Gasteiger partial charge in [0.25, 0.3) is 0 Å². The molecule has 1 aliphatic heterocycles. The molecule has 1 saturated heterocycles. The Morgan fingerprint density at radius 2 is 1.85 bits per heavy atom.